The highest BCUT2D eigenvalue weighted by atomic mass is 16.4. The number of benzene rings is 1. The normalized spacial score (nSPS) is 25.5. The molecule has 0 radical (unpaired) electrons. The number of carbonyl (C=O) groups is 1. The first kappa shape index (κ1) is 9.21. The zero-order chi connectivity index (χ0) is 10.1. The molecule has 1 aliphatic heterocycles. The summed E-state index contributed by atoms with van der Waals surface area (Å²) in [6, 6.07) is 7.40. The first-order valence-corrected chi connectivity index (χ1v) is 4.75. The van der Waals surface area contributed by atoms with Gasteiger partial charge in [0.25, 0.3) is 0 Å². The summed E-state index contributed by atoms with van der Waals surface area (Å²) in [7, 11) is 0. The van der Waals surface area contributed by atoms with Crippen LogP contribution < -0.4 is 5.32 Å². The zero-order valence-corrected chi connectivity index (χ0v) is 8.03. The van der Waals surface area contributed by atoms with E-state index in [1.807, 2.05) is 31.2 Å². The molecular weight excluding hydrogens is 178 g/mol. The third kappa shape index (κ3) is 1.51. The van der Waals surface area contributed by atoms with Gasteiger partial charge in [-0.3, -0.25) is 10.1 Å². The van der Waals surface area contributed by atoms with Gasteiger partial charge in [0, 0.05) is 6.04 Å². The van der Waals surface area contributed by atoms with E-state index in [1.54, 1.807) is 0 Å². The van der Waals surface area contributed by atoms with Crippen molar-refractivity contribution in [2.75, 3.05) is 0 Å². The smallest absolute Gasteiger partial charge is 0.325 e. The van der Waals surface area contributed by atoms with Crippen LogP contribution in [0.2, 0.25) is 0 Å². The molecule has 0 spiro atoms. The van der Waals surface area contributed by atoms with Gasteiger partial charge in [0.1, 0.15) is 6.04 Å². The van der Waals surface area contributed by atoms with Crippen LogP contribution in [0.15, 0.2) is 24.3 Å². The quantitative estimate of drug-likeness (QED) is 0.704. The molecule has 0 aromatic heterocycles. The van der Waals surface area contributed by atoms with Crippen molar-refractivity contribution in [2.24, 2.45) is 0 Å². The molecule has 3 heteroatoms. The van der Waals surface area contributed by atoms with Crippen LogP contribution in [0.1, 0.15) is 24.1 Å². The first-order valence-electron chi connectivity index (χ1n) is 4.75. The van der Waals surface area contributed by atoms with Gasteiger partial charge in [0.05, 0.1) is 0 Å². The first-order chi connectivity index (χ1) is 6.68. The molecule has 0 saturated heterocycles. The Bertz CT molecular complexity index is 362. The van der Waals surface area contributed by atoms with Crippen LogP contribution in [0, 0.1) is 0 Å². The molecule has 2 atom stereocenters. The van der Waals surface area contributed by atoms with Crippen LogP contribution in [0.4, 0.5) is 0 Å². The van der Waals surface area contributed by atoms with Gasteiger partial charge in [-0.05, 0) is 24.5 Å². The minimum atomic E-state index is -0.802. The Morgan fingerprint density at radius 3 is 2.93 bits per heavy atom. The maximum Gasteiger partial charge on any atom is 0.325 e. The second-order valence-electron chi connectivity index (χ2n) is 3.74. The summed E-state index contributed by atoms with van der Waals surface area (Å²) in [5, 5.41) is 12.1. The lowest BCUT2D eigenvalue weighted by Crippen LogP contribution is -2.41. The maximum atomic E-state index is 11.0. The SMILES string of the molecule is C[C@H]1Cc2ccccc2C(C(=O)O)N1. The molecular formula is C11H13NO2. The fraction of sp³-hybridized carbons (Fsp3) is 0.364. The molecule has 0 fully saturated rings. The molecule has 2 rings (SSSR count). The lowest BCUT2D eigenvalue weighted by atomic mass is 9.91. The minimum absolute atomic E-state index is 0.228. The lowest BCUT2D eigenvalue weighted by molar-refractivity contribution is -0.140. The summed E-state index contributed by atoms with van der Waals surface area (Å²) in [5.41, 5.74) is 2.05. The molecule has 3 nitrogen and oxygen atoms in total. The summed E-state index contributed by atoms with van der Waals surface area (Å²) >= 11 is 0. The highest BCUT2D eigenvalue weighted by molar-refractivity contribution is 5.76. The van der Waals surface area contributed by atoms with Gasteiger partial charge in [-0.15, -0.1) is 0 Å². The van der Waals surface area contributed by atoms with Crippen molar-refractivity contribution < 1.29 is 9.90 Å². The van der Waals surface area contributed by atoms with E-state index in [2.05, 4.69) is 5.32 Å². The monoisotopic (exact) mass is 191 g/mol. The summed E-state index contributed by atoms with van der Waals surface area (Å²) in [4.78, 5) is 11.0. The van der Waals surface area contributed by atoms with Crippen LogP contribution >= 0.6 is 0 Å². The van der Waals surface area contributed by atoms with Crippen molar-refractivity contribution in [3.8, 4) is 0 Å². The lowest BCUT2D eigenvalue weighted by Gasteiger charge is -2.28. The van der Waals surface area contributed by atoms with Crippen molar-refractivity contribution in [3.05, 3.63) is 35.4 Å². The molecule has 0 saturated carbocycles. The van der Waals surface area contributed by atoms with Gasteiger partial charge in [-0.1, -0.05) is 24.3 Å². The molecule has 74 valence electrons. The molecule has 0 amide bonds. The molecule has 0 aliphatic carbocycles. The summed E-state index contributed by atoms with van der Waals surface area (Å²) in [6.45, 7) is 2.01. The summed E-state index contributed by atoms with van der Waals surface area (Å²) in [5.74, 6) is -0.802. The van der Waals surface area contributed by atoms with Crippen LogP contribution in [0.25, 0.3) is 0 Å². The van der Waals surface area contributed by atoms with Crippen molar-refractivity contribution in [2.45, 2.75) is 25.4 Å². The van der Waals surface area contributed by atoms with E-state index in [0.717, 1.165) is 17.5 Å². The highest BCUT2D eigenvalue weighted by Crippen LogP contribution is 2.24. The van der Waals surface area contributed by atoms with E-state index in [9.17, 15) is 4.79 Å². The highest BCUT2D eigenvalue weighted by Gasteiger charge is 2.28. The Balaban J connectivity index is 2.43. The summed E-state index contributed by atoms with van der Waals surface area (Å²) in [6.07, 6.45) is 0.903. The molecule has 1 aromatic rings. The van der Waals surface area contributed by atoms with Crippen LogP contribution in [0.5, 0.6) is 0 Å². The Labute approximate surface area is 82.8 Å². The third-order valence-corrected chi connectivity index (χ3v) is 2.59. The standard InChI is InChI=1S/C11H13NO2/c1-7-6-8-4-2-3-5-9(8)10(12-7)11(13)14/h2-5,7,10,12H,6H2,1H3,(H,13,14)/t7-,10?/m0/s1. The van der Waals surface area contributed by atoms with E-state index >= 15 is 0 Å². The Morgan fingerprint density at radius 1 is 1.50 bits per heavy atom. The van der Waals surface area contributed by atoms with Gasteiger partial charge in [0.2, 0.25) is 0 Å². The van der Waals surface area contributed by atoms with E-state index in [-0.39, 0.29) is 6.04 Å². The Kier molecular flexibility index (Phi) is 2.25. The minimum Gasteiger partial charge on any atom is -0.480 e. The van der Waals surface area contributed by atoms with Crippen molar-refractivity contribution in [3.63, 3.8) is 0 Å². The van der Waals surface area contributed by atoms with Gasteiger partial charge in [-0.25, -0.2) is 0 Å². The molecule has 1 unspecified atom stereocenters. The van der Waals surface area contributed by atoms with Gasteiger partial charge < -0.3 is 5.11 Å². The molecule has 1 aromatic carbocycles. The molecule has 1 heterocycles. The number of aliphatic carboxylic acids is 1. The second-order valence-corrected chi connectivity index (χ2v) is 3.74. The average molecular weight is 191 g/mol. The number of hydrogen-bond donors (Lipinski definition) is 2. The van der Waals surface area contributed by atoms with Crippen molar-refractivity contribution >= 4 is 5.97 Å². The van der Waals surface area contributed by atoms with Crippen molar-refractivity contribution in [1.82, 2.24) is 5.32 Å². The van der Waals surface area contributed by atoms with E-state index in [1.165, 1.54) is 0 Å². The predicted molar refractivity (Wildman–Crippen MR) is 53.1 cm³/mol. The number of carboxylic acids is 1. The van der Waals surface area contributed by atoms with E-state index in [4.69, 9.17) is 5.11 Å². The Hall–Kier alpha value is -1.35. The number of hydrogen-bond acceptors (Lipinski definition) is 2. The fourth-order valence-electron chi connectivity index (χ4n) is 1.97. The number of rotatable bonds is 1. The molecule has 0 bridgehead atoms. The van der Waals surface area contributed by atoms with E-state index in [0.29, 0.717) is 0 Å². The van der Waals surface area contributed by atoms with Gasteiger partial charge >= 0.3 is 5.97 Å². The third-order valence-electron chi connectivity index (χ3n) is 2.59. The number of nitrogens with one attached hydrogen (secondary N) is 1. The largest absolute Gasteiger partial charge is 0.480 e. The Morgan fingerprint density at radius 2 is 2.21 bits per heavy atom. The van der Waals surface area contributed by atoms with Gasteiger partial charge in [0.15, 0.2) is 0 Å². The van der Waals surface area contributed by atoms with Crippen LogP contribution in [0.3, 0.4) is 0 Å². The van der Waals surface area contributed by atoms with Gasteiger partial charge in [-0.2, -0.15) is 0 Å². The average Bonchev–Trinajstić information content (AvgIpc) is 2.16. The van der Waals surface area contributed by atoms with Crippen LogP contribution in [-0.4, -0.2) is 17.1 Å². The zero-order valence-electron chi connectivity index (χ0n) is 8.03. The number of fused-ring (bicyclic) bond motifs is 1. The number of carboxylic acid groups (broad SMARTS) is 1. The second kappa shape index (κ2) is 3.42. The maximum absolute atomic E-state index is 11.0. The molecule has 1 aliphatic rings. The van der Waals surface area contributed by atoms with E-state index < -0.39 is 12.0 Å². The summed E-state index contributed by atoms with van der Waals surface area (Å²) < 4.78 is 0. The predicted octanol–water partition coefficient (Wildman–Crippen LogP) is 1.35. The molecule has 14 heavy (non-hydrogen) atoms. The molecule has 2 N–H and O–H groups in total. The van der Waals surface area contributed by atoms with Crippen LogP contribution in [-0.2, 0) is 11.2 Å². The topological polar surface area (TPSA) is 49.3 Å². The van der Waals surface area contributed by atoms with Crippen molar-refractivity contribution in [1.29, 1.82) is 0 Å². The fourth-order valence-corrected chi connectivity index (χ4v) is 1.97.